The molecule has 8 heteroatoms. The smallest absolute Gasteiger partial charge is 0.261 e. The van der Waals surface area contributed by atoms with Gasteiger partial charge in [0, 0.05) is 12.5 Å². The van der Waals surface area contributed by atoms with Gasteiger partial charge in [-0.05, 0) is 39.5 Å². The molecule has 0 aromatic heterocycles. The summed E-state index contributed by atoms with van der Waals surface area (Å²) < 4.78 is 46.5. The van der Waals surface area contributed by atoms with Crippen LogP contribution in [-0.2, 0) is 30.3 Å². The highest BCUT2D eigenvalue weighted by Gasteiger charge is 2.51. The Morgan fingerprint density at radius 1 is 0.756 bits per heavy atom. The third kappa shape index (κ3) is 7.65. The van der Waals surface area contributed by atoms with Crippen molar-refractivity contribution in [2.45, 2.75) is 62.0 Å². The molecule has 5 rings (SSSR count). The first-order valence-corrected chi connectivity index (χ1v) is 19.2. The van der Waals surface area contributed by atoms with E-state index in [4.69, 9.17) is 13.9 Å². The van der Waals surface area contributed by atoms with Crippen LogP contribution in [0.2, 0.25) is 5.04 Å². The van der Waals surface area contributed by atoms with E-state index in [1.54, 1.807) is 30.3 Å². The molecule has 4 atom stereocenters. The average Bonchev–Trinajstić information content (AvgIpc) is 3.33. The maximum absolute atomic E-state index is 13.5. The number of hydrogen-bond donors (Lipinski definition) is 1. The number of ether oxygens (including phenoxy) is 2. The molecule has 1 aliphatic heterocycles. The Balaban J connectivity index is 1.38. The van der Waals surface area contributed by atoms with Crippen LogP contribution in [0, 0.1) is 5.92 Å². The first kappa shape index (κ1) is 33.3. The van der Waals surface area contributed by atoms with E-state index in [1.165, 1.54) is 10.4 Å². The van der Waals surface area contributed by atoms with Crippen molar-refractivity contribution in [3.63, 3.8) is 0 Å². The van der Waals surface area contributed by atoms with Gasteiger partial charge in [0.2, 0.25) is 0 Å². The number of sulfone groups is 1. The Labute approximate surface area is 269 Å². The largest absolute Gasteiger partial charge is 0.407 e. The third-order valence-electron chi connectivity index (χ3n) is 8.69. The second-order valence-corrected chi connectivity index (χ2v) is 19.1. The van der Waals surface area contributed by atoms with Crippen LogP contribution in [0.15, 0.2) is 126 Å². The van der Waals surface area contributed by atoms with E-state index in [-0.39, 0.29) is 22.3 Å². The standard InChI is InChI=1S/C37H44O6SSi/c1-37(2,3)45(31-20-12-6-13-21-31,32-22-14-7-15-23-32)42-25-24-34-33(28-44(39,40)30-18-10-5-11-19-30)36(38)35(43-34)27-41-26-29-16-8-4-9-17-29/h4-23,33-36,38H,24-28H2,1-3H3/t33-,34-,35+,36+/m0/s1. The Morgan fingerprint density at radius 3 is 1.80 bits per heavy atom. The molecular weight excluding hydrogens is 601 g/mol. The van der Waals surface area contributed by atoms with E-state index in [0.717, 1.165) is 5.56 Å². The van der Waals surface area contributed by atoms with Gasteiger partial charge in [0.1, 0.15) is 6.10 Å². The molecule has 0 amide bonds. The van der Waals surface area contributed by atoms with E-state index >= 15 is 0 Å². The van der Waals surface area contributed by atoms with Crippen LogP contribution in [-0.4, -0.2) is 59.1 Å². The quantitative estimate of drug-likeness (QED) is 0.197. The van der Waals surface area contributed by atoms with E-state index < -0.39 is 42.4 Å². The molecule has 0 bridgehead atoms. The van der Waals surface area contributed by atoms with Crippen LogP contribution in [0.3, 0.4) is 0 Å². The fourth-order valence-electron chi connectivity index (χ4n) is 6.46. The highest BCUT2D eigenvalue weighted by atomic mass is 32.2. The SMILES string of the molecule is CC(C)(C)[Si](OCC[C@@H]1O[C@H](COCc2ccccc2)[C@H](O)[C@H]1CS(=O)(=O)c1ccccc1)(c1ccccc1)c1ccccc1. The van der Waals surface area contributed by atoms with Gasteiger partial charge in [-0.1, -0.05) is 130 Å². The van der Waals surface area contributed by atoms with Gasteiger partial charge >= 0.3 is 0 Å². The molecule has 0 aliphatic carbocycles. The molecule has 0 spiro atoms. The van der Waals surface area contributed by atoms with Crippen LogP contribution >= 0.6 is 0 Å². The Bertz CT molecular complexity index is 1540. The number of rotatable bonds is 13. The molecule has 238 valence electrons. The lowest BCUT2D eigenvalue weighted by Crippen LogP contribution is -2.66. The Morgan fingerprint density at radius 2 is 1.27 bits per heavy atom. The molecule has 1 heterocycles. The number of aliphatic hydroxyl groups excluding tert-OH is 1. The summed E-state index contributed by atoms with van der Waals surface area (Å²) in [4.78, 5) is 0.239. The van der Waals surface area contributed by atoms with Crippen molar-refractivity contribution in [1.29, 1.82) is 0 Å². The fourth-order valence-corrected chi connectivity index (χ4v) is 12.7. The Hall–Kier alpha value is -3.11. The maximum atomic E-state index is 13.5. The van der Waals surface area contributed by atoms with Gasteiger partial charge < -0.3 is 19.0 Å². The van der Waals surface area contributed by atoms with Crippen LogP contribution in [0.4, 0.5) is 0 Å². The molecule has 4 aromatic carbocycles. The first-order valence-electron chi connectivity index (χ1n) is 15.6. The summed E-state index contributed by atoms with van der Waals surface area (Å²) in [6, 6.07) is 39.0. The molecule has 1 N–H and O–H groups in total. The van der Waals surface area contributed by atoms with Gasteiger partial charge in [0.05, 0.1) is 36.1 Å². The lowest BCUT2D eigenvalue weighted by molar-refractivity contribution is -0.0514. The molecular formula is C37H44O6SSi. The lowest BCUT2D eigenvalue weighted by Gasteiger charge is -2.43. The molecule has 0 radical (unpaired) electrons. The zero-order chi connectivity index (χ0) is 31.9. The number of benzene rings is 4. The minimum absolute atomic E-state index is 0.157. The summed E-state index contributed by atoms with van der Waals surface area (Å²) in [7, 11) is -6.47. The van der Waals surface area contributed by atoms with Crippen molar-refractivity contribution < 1.29 is 27.4 Å². The third-order valence-corrected chi connectivity index (χ3v) is 15.5. The molecule has 0 unspecified atom stereocenters. The molecule has 4 aromatic rings. The minimum Gasteiger partial charge on any atom is -0.407 e. The first-order chi connectivity index (χ1) is 21.6. The van der Waals surface area contributed by atoms with Gasteiger partial charge in [-0.15, -0.1) is 0 Å². The topological polar surface area (TPSA) is 82.1 Å². The summed E-state index contributed by atoms with van der Waals surface area (Å²) >= 11 is 0. The summed E-state index contributed by atoms with van der Waals surface area (Å²) in [5.74, 6) is -0.861. The van der Waals surface area contributed by atoms with Crippen molar-refractivity contribution >= 4 is 28.5 Å². The van der Waals surface area contributed by atoms with Gasteiger partial charge in [0.25, 0.3) is 8.32 Å². The van der Waals surface area contributed by atoms with E-state index in [1.807, 2.05) is 42.5 Å². The van der Waals surface area contributed by atoms with Crippen LogP contribution in [0.25, 0.3) is 0 Å². The van der Waals surface area contributed by atoms with Gasteiger partial charge in [-0.2, -0.15) is 0 Å². The second kappa shape index (κ2) is 14.5. The molecule has 0 saturated carbocycles. The zero-order valence-corrected chi connectivity index (χ0v) is 28.1. The molecule has 1 aliphatic rings. The lowest BCUT2D eigenvalue weighted by atomic mass is 9.96. The number of aliphatic hydroxyl groups is 1. The highest BCUT2D eigenvalue weighted by molar-refractivity contribution is 7.91. The summed E-state index contributed by atoms with van der Waals surface area (Å²) in [5.41, 5.74) is 1.02. The summed E-state index contributed by atoms with van der Waals surface area (Å²) in [6.45, 7) is 7.56. The van der Waals surface area contributed by atoms with Crippen molar-refractivity contribution in [2.24, 2.45) is 5.92 Å². The predicted molar refractivity (Wildman–Crippen MR) is 181 cm³/mol. The van der Waals surface area contributed by atoms with E-state index in [0.29, 0.717) is 19.6 Å². The number of hydrogen-bond acceptors (Lipinski definition) is 6. The van der Waals surface area contributed by atoms with Crippen LogP contribution in [0.1, 0.15) is 32.8 Å². The fraction of sp³-hybridized carbons (Fsp3) is 0.351. The van der Waals surface area contributed by atoms with Crippen molar-refractivity contribution in [1.82, 2.24) is 0 Å². The van der Waals surface area contributed by atoms with Gasteiger partial charge in [-0.25, -0.2) is 8.42 Å². The van der Waals surface area contributed by atoms with Crippen molar-refractivity contribution in [3.8, 4) is 0 Å². The molecule has 45 heavy (non-hydrogen) atoms. The van der Waals surface area contributed by atoms with Crippen LogP contribution in [0.5, 0.6) is 0 Å². The van der Waals surface area contributed by atoms with Gasteiger partial charge in [-0.3, -0.25) is 0 Å². The van der Waals surface area contributed by atoms with Crippen molar-refractivity contribution in [2.75, 3.05) is 19.0 Å². The minimum atomic E-state index is -3.67. The normalized spacial score (nSPS) is 20.7. The highest BCUT2D eigenvalue weighted by Crippen LogP contribution is 2.38. The van der Waals surface area contributed by atoms with E-state index in [2.05, 4.69) is 69.3 Å². The molecule has 1 fully saturated rings. The van der Waals surface area contributed by atoms with Crippen molar-refractivity contribution in [3.05, 3.63) is 127 Å². The second-order valence-electron chi connectivity index (χ2n) is 12.8. The Kier molecular flexibility index (Phi) is 10.7. The average molecular weight is 645 g/mol. The van der Waals surface area contributed by atoms with E-state index in [9.17, 15) is 13.5 Å². The zero-order valence-electron chi connectivity index (χ0n) is 26.3. The summed E-state index contributed by atoms with van der Waals surface area (Å²) in [6.07, 6.45) is -1.74. The summed E-state index contributed by atoms with van der Waals surface area (Å²) in [5, 5.41) is 13.6. The molecule has 1 saturated heterocycles. The van der Waals surface area contributed by atoms with Crippen LogP contribution < -0.4 is 10.4 Å². The maximum Gasteiger partial charge on any atom is 0.261 e. The monoisotopic (exact) mass is 644 g/mol. The van der Waals surface area contributed by atoms with Gasteiger partial charge in [0.15, 0.2) is 9.84 Å². The molecule has 6 nitrogen and oxygen atoms in total. The predicted octanol–water partition coefficient (Wildman–Crippen LogP) is 5.39.